The zero-order chi connectivity index (χ0) is 42.0. The van der Waals surface area contributed by atoms with Gasteiger partial charge in [-0.25, -0.2) is 0 Å². The van der Waals surface area contributed by atoms with E-state index in [1.165, 1.54) is 114 Å². The van der Waals surface area contributed by atoms with Gasteiger partial charge in [0.2, 0.25) is 0 Å². The zero-order valence-corrected chi connectivity index (χ0v) is 36.1. The number of aryl methyl sites for hydroxylation is 1. The predicted molar refractivity (Wildman–Crippen MR) is 268 cm³/mol. The number of benzene rings is 9. The van der Waals surface area contributed by atoms with Crippen LogP contribution in [0.2, 0.25) is 0 Å². The maximum Gasteiger partial charge on any atom is 0.252 e. The normalized spacial score (nSPS) is 19.1. The van der Waals surface area contributed by atoms with E-state index in [1.54, 1.807) is 0 Å². The van der Waals surface area contributed by atoms with Crippen molar-refractivity contribution in [1.82, 2.24) is 0 Å². The molecule has 0 saturated heterocycles. The molecule has 9 aromatic carbocycles. The highest BCUT2D eigenvalue weighted by Crippen LogP contribution is 2.61. The molecule has 1 aliphatic carbocycles. The van der Waals surface area contributed by atoms with Crippen LogP contribution in [-0.4, -0.2) is 12.3 Å². The molecule has 4 heteroatoms. The molecule has 3 heterocycles. The van der Waals surface area contributed by atoms with Crippen LogP contribution in [0.25, 0.3) is 32.7 Å². The highest BCUT2D eigenvalue weighted by Gasteiger charge is 2.61. The van der Waals surface area contributed by atoms with Gasteiger partial charge in [0.25, 0.3) is 6.71 Å². The molecule has 1 saturated carbocycles. The molecule has 302 valence electrons. The molecule has 4 aliphatic rings. The molecule has 2 atom stereocenters. The van der Waals surface area contributed by atoms with Gasteiger partial charge in [-0.15, -0.1) is 0 Å². The first kappa shape index (κ1) is 36.6. The van der Waals surface area contributed by atoms with Crippen molar-refractivity contribution >= 4 is 90.1 Å². The highest BCUT2D eigenvalue weighted by atomic mass is 15.3. The Morgan fingerprint density at radius 3 is 2.13 bits per heavy atom. The van der Waals surface area contributed by atoms with Gasteiger partial charge in [-0.2, -0.15) is 0 Å². The Morgan fingerprint density at radius 2 is 1.24 bits per heavy atom. The van der Waals surface area contributed by atoms with E-state index in [4.69, 9.17) is 0 Å². The number of rotatable bonds is 5. The molecule has 13 rings (SSSR count). The number of para-hydroxylation sites is 2. The van der Waals surface area contributed by atoms with E-state index in [0.29, 0.717) is 0 Å². The molecule has 0 N–H and O–H groups in total. The van der Waals surface area contributed by atoms with Gasteiger partial charge in [-0.05, 0) is 142 Å². The molecule has 0 bridgehead atoms. The Hall–Kier alpha value is -7.04. The van der Waals surface area contributed by atoms with Crippen LogP contribution >= 0.6 is 0 Å². The molecule has 0 amide bonds. The Labute approximate surface area is 371 Å². The maximum atomic E-state index is 2.83. The summed E-state index contributed by atoms with van der Waals surface area (Å²) in [5.74, 6) is 0. The van der Waals surface area contributed by atoms with Crippen LogP contribution < -0.4 is 31.1 Å². The van der Waals surface area contributed by atoms with E-state index < -0.39 is 0 Å². The van der Waals surface area contributed by atoms with Gasteiger partial charge in [0.15, 0.2) is 0 Å². The third-order valence-corrected chi connectivity index (χ3v) is 15.6. The number of anilines is 8. The number of nitrogens with zero attached hydrogens (tertiary/aromatic N) is 3. The molecule has 63 heavy (non-hydrogen) atoms. The molecule has 2 unspecified atom stereocenters. The van der Waals surface area contributed by atoms with Crippen molar-refractivity contribution in [3.8, 4) is 11.1 Å². The summed E-state index contributed by atoms with van der Waals surface area (Å²) >= 11 is 0. The number of fused-ring (bicyclic) bond motifs is 9. The number of hydrogen-bond donors (Lipinski definition) is 0. The van der Waals surface area contributed by atoms with Gasteiger partial charge in [-0.1, -0.05) is 147 Å². The van der Waals surface area contributed by atoms with Crippen LogP contribution in [0.1, 0.15) is 50.7 Å². The van der Waals surface area contributed by atoms with Crippen molar-refractivity contribution < 1.29 is 0 Å². The van der Waals surface area contributed by atoms with Gasteiger partial charge in [0, 0.05) is 50.6 Å². The second-order valence-electron chi connectivity index (χ2n) is 18.9. The standard InChI is InChI=1S/C59H48BN3/c1-39-34-54-56-55(35-39)63-57-49(58(2)32-11-12-33-59(58,63)3)25-15-26-51(57)60(56)50-31-30-47(38-53(50)62(54)45-21-5-4-6-22-45)61(52-27-14-19-41-17-9-10-24-48(41)52)46-23-13-20-43(37-46)44-29-28-40-16-7-8-18-42(40)36-44/h4-10,13-31,34-38H,11-12,32-33H2,1-3H3. The fraction of sp³-hybridized carbons (Fsp3) is 0.153. The van der Waals surface area contributed by atoms with E-state index in [0.717, 1.165) is 17.1 Å². The van der Waals surface area contributed by atoms with E-state index in [-0.39, 0.29) is 17.7 Å². The monoisotopic (exact) mass is 809 g/mol. The van der Waals surface area contributed by atoms with Crippen molar-refractivity contribution in [2.45, 2.75) is 57.4 Å². The average molecular weight is 810 g/mol. The summed E-state index contributed by atoms with van der Waals surface area (Å²) in [7, 11) is 0. The lowest BCUT2D eigenvalue weighted by molar-refractivity contribution is 0.195. The molecule has 9 aromatic rings. The van der Waals surface area contributed by atoms with Gasteiger partial charge >= 0.3 is 0 Å². The van der Waals surface area contributed by atoms with E-state index in [9.17, 15) is 0 Å². The molecule has 0 spiro atoms. The Bertz CT molecular complexity index is 3330. The molecule has 3 nitrogen and oxygen atoms in total. The molecule has 0 radical (unpaired) electrons. The average Bonchev–Trinajstić information content (AvgIpc) is 3.54. The van der Waals surface area contributed by atoms with Gasteiger partial charge < -0.3 is 14.7 Å². The predicted octanol–water partition coefficient (Wildman–Crippen LogP) is 13.8. The van der Waals surface area contributed by atoms with E-state index in [2.05, 4.69) is 224 Å². The van der Waals surface area contributed by atoms with E-state index in [1.807, 2.05) is 0 Å². The van der Waals surface area contributed by atoms with Gasteiger partial charge in [0.05, 0.1) is 11.2 Å². The molecular weight excluding hydrogens is 761 g/mol. The molecule has 1 fully saturated rings. The van der Waals surface area contributed by atoms with Crippen LogP contribution in [0.4, 0.5) is 45.5 Å². The van der Waals surface area contributed by atoms with E-state index >= 15 is 0 Å². The molecule has 0 aromatic heterocycles. The summed E-state index contributed by atoms with van der Waals surface area (Å²) < 4.78 is 0. The smallest absolute Gasteiger partial charge is 0.252 e. The maximum absolute atomic E-state index is 2.83. The first-order valence-electron chi connectivity index (χ1n) is 22.8. The lowest BCUT2D eigenvalue weighted by Crippen LogP contribution is -2.64. The Morgan fingerprint density at radius 1 is 0.524 bits per heavy atom. The topological polar surface area (TPSA) is 9.72 Å². The summed E-state index contributed by atoms with van der Waals surface area (Å²) in [5, 5.41) is 4.94. The Kier molecular flexibility index (Phi) is 7.83. The Balaban J connectivity index is 1.06. The second-order valence-corrected chi connectivity index (χ2v) is 18.9. The third-order valence-electron chi connectivity index (χ3n) is 15.6. The summed E-state index contributed by atoms with van der Waals surface area (Å²) in [6.45, 7) is 7.53. The van der Waals surface area contributed by atoms with Crippen LogP contribution in [0, 0.1) is 6.92 Å². The summed E-state index contributed by atoms with van der Waals surface area (Å²) in [6, 6.07) is 70.7. The zero-order valence-electron chi connectivity index (χ0n) is 36.1. The minimum atomic E-state index is -0.00171. The minimum absolute atomic E-state index is 0.00171. The van der Waals surface area contributed by atoms with Gasteiger partial charge in [0.1, 0.15) is 0 Å². The minimum Gasteiger partial charge on any atom is -0.335 e. The fourth-order valence-corrected chi connectivity index (χ4v) is 12.4. The van der Waals surface area contributed by atoms with Crippen molar-refractivity contribution in [1.29, 1.82) is 0 Å². The van der Waals surface area contributed by atoms with Crippen molar-refractivity contribution in [3.63, 3.8) is 0 Å². The van der Waals surface area contributed by atoms with Crippen LogP contribution in [0.3, 0.4) is 0 Å². The summed E-state index contributed by atoms with van der Waals surface area (Å²) in [4.78, 5) is 7.89. The highest BCUT2D eigenvalue weighted by molar-refractivity contribution is 7.00. The third kappa shape index (κ3) is 5.15. The van der Waals surface area contributed by atoms with Crippen molar-refractivity contribution in [2.75, 3.05) is 14.7 Å². The summed E-state index contributed by atoms with van der Waals surface area (Å²) in [6.07, 6.45) is 4.96. The van der Waals surface area contributed by atoms with Crippen LogP contribution in [0.15, 0.2) is 188 Å². The lowest BCUT2D eigenvalue weighted by atomic mass is 9.33. The SMILES string of the molecule is Cc1cc2c3c(c1)N1c4c(cccc4C4(C)CCCCC14C)B3c1ccc(N(c3cccc(-c4ccc5ccccc5c4)c3)c3cccc4ccccc34)cc1N2c1ccccc1. The fourth-order valence-electron chi connectivity index (χ4n) is 12.4. The first-order valence-corrected chi connectivity index (χ1v) is 22.8. The number of hydrogen-bond acceptors (Lipinski definition) is 3. The molecular formula is C59H48BN3. The quantitative estimate of drug-likeness (QED) is 0.160. The van der Waals surface area contributed by atoms with Crippen LogP contribution in [-0.2, 0) is 5.41 Å². The van der Waals surface area contributed by atoms with Crippen LogP contribution in [0.5, 0.6) is 0 Å². The second kappa shape index (κ2) is 13.5. The molecule has 3 aliphatic heterocycles. The first-order chi connectivity index (χ1) is 30.9. The summed E-state index contributed by atoms with van der Waals surface area (Å²) in [5.41, 5.74) is 19.5. The van der Waals surface area contributed by atoms with Crippen molar-refractivity contribution in [3.05, 3.63) is 199 Å². The van der Waals surface area contributed by atoms with Crippen molar-refractivity contribution in [2.24, 2.45) is 0 Å². The van der Waals surface area contributed by atoms with Gasteiger partial charge in [-0.3, -0.25) is 0 Å². The largest absolute Gasteiger partial charge is 0.335 e. The lowest BCUT2D eigenvalue weighted by Gasteiger charge is -2.52.